The molecule has 0 saturated carbocycles. The van der Waals surface area contributed by atoms with Crippen molar-refractivity contribution in [2.24, 2.45) is 0 Å². The second-order valence-corrected chi connectivity index (χ2v) is 0.820. The summed E-state index contributed by atoms with van der Waals surface area (Å²) in [5.41, 5.74) is 0. The molecule has 0 aliphatic rings. The van der Waals surface area contributed by atoms with E-state index in [0.29, 0.717) is 0 Å². The highest BCUT2D eigenvalue weighted by Crippen LogP contribution is 1.81. The molecular weight excluding hydrogens is 87.0 g/mol. The van der Waals surface area contributed by atoms with Crippen LogP contribution in [0, 0.1) is 0 Å². The maximum Gasteiger partial charge on any atom is 0.219 e. The molecule has 0 aliphatic carbocycles. The zero-order valence-electron chi connectivity index (χ0n) is 3.48. The largest absolute Gasteiger partial charge is 0.351 e. The van der Waals surface area contributed by atoms with Crippen molar-refractivity contribution in [1.82, 2.24) is 0 Å². The lowest BCUT2D eigenvalue weighted by Gasteiger charge is -1.94. The van der Waals surface area contributed by atoms with Crippen LogP contribution >= 0.6 is 0 Å². The summed E-state index contributed by atoms with van der Waals surface area (Å²) in [6.07, 6.45) is -1.48. The number of hydrogen-bond donors (Lipinski definition) is 0. The Kier molecular flexibility index (Phi) is 2.98. The molecule has 0 spiro atoms. The molecule has 0 fully saturated rings. The Bertz CT molecular complexity index is 28.0. The van der Waals surface area contributed by atoms with Crippen LogP contribution in [-0.2, 0) is 9.84 Å². The third kappa shape index (κ3) is 2.11. The molecule has 0 saturated heterocycles. The first-order valence-electron chi connectivity index (χ1n) is 1.56. The van der Waals surface area contributed by atoms with Crippen LogP contribution in [0.1, 0.15) is 0 Å². The molecule has 3 heteroatoms. The highest BCUT2D eigenvalue weighted by molar-refractivity contribution is 4.26. The summed E-state index contributed by atoms with van der Waals surface area (Å²) in [7, 11) is 1.18. The minimum Gasteiger partial charge on any atom is -0.351 e. The average molecular weight is 93.1 g/mol. The Balaban J connectivity index is 2.75. The lowest BCUT2D eigenvalue weighted by Crippen LogP contribution is -2.07. The van der Waals surface area contributed by atoms with Crippen molar-refractivity contribution in [3.63, 3.8) is 0 Å². The van der Waals surface area contributed by atoms with Gasteiger partial charge in [-0.15, -0.1) is 0 Å². The molecule has 0 rings (SSSR count). The SMILES string of the molecule is COC([O])CF. The molecule has 0 aromatic carbocycles. The van der Waals surface area contributed by atoms with Gasteiger partial charge in [0, 0.05) is 7.11 Å². The molecule has 0 amide bonds. The van der Waals surface area contributed by atoms with Gasteiger partial charge in [0.05, 0.1) is 0 Å². The van der Waals surface area contributed by atoms with E-state index < -0.39 is 13.0 Å². The second kappa shape index (κ2) is 3.06. The molecule has 2 nitrogen and oxygen atoms in total. The number of rotatable bonds is 2. The summed E-state index contributed by atoms with van der Waals surface area (Å²) >= 11 is 0. The van der Waals surface area contributed by atoms with E-state index >= 15 is 0 Å². The molecule has 0 bridgehead atoms. The van der Waals surface area contributed by atoms with Crippen LogP contribution in [0.5, 0.6) is 0 Å². The quantitative estimate of drug-likeness (QED) is 0.453. The van der Waals surface area contributed by atoms with Crippen LogP contribution in [0.15, 0.2) is 0 Å². The topological polar surface area (TPSA) is 29.1 Å². The average Bonchev–Trinajstić information content (AvgIpc) is 1.65. The lowest BCUT2D eigenvalue weighted by molar-refractivity contribution is -0.129. The first kappa shape index (κ1) is 5.85. The summed E-state index contributed by atoms with van der Waals surface area (Å²) in [6.45, 7) is -0.948. The van der Waals surface area contributed by atoms with Gasteiger partial charge in [0.2, 0.25) is 6.29 Å². The van der Waals surface area contributed by atoms with E-state index in [1.54, 1.807) is 0 Å². The van der Waals surface area contributed by atoms with Crippen LogP contribution in [0.3, 0.4) is 0 Å². The molecule has 1 atom stereocenters. The molecule has 1 unspecified atom stereocenters. The summed E-state index contributed by atoms with van der Waals surface area (Å²) in [4.78, 5) is 0. The fourth-order valence-electron chi connectivity index (χ4n) is 0.0630. The van der Waals surface area contributed by atoms with Crippen molar-refractivity contribution in [3.8, 4) is 0 Å². The van der Waals surface area contributed by atoms with Crippen molar-refractivity contribution in [3.05, 3.63) is 0 Å². The third-order valence-electron chi connectivity index (χ3n) is 0.389. The van der Waals surface area contributed by atoms with Gasteiger partial charge in [-0.1, -0.05) is 0 Å². The lowest BCUT2D eigenvalue weighted by atomic mass is 10.7. The molecule has 6 heavy (non-hydrogen) atoms. The van der Waals surface area contributed by atoms with E-state index in [-0.39, 0.29) is 0 Å². The standard InChI is InChI=1S/C3H6FO2/c1-6-3(5)2-4/h3H,2H2,1H3. The molecule has 0 aromatic rings. The zero-order valence-corrected chi connectivity index (χ0v) is 3.48. The molecule has 37 valence electrons. The van der Waals surface area contributed by atoms with Gasteiger partial charge in [0.25, 0.3) is 0 Å². The first-order valence-corrected chi connectivity index (χ1v) is 1.56. The molecule has 1 radical (unpaired) electrons. The molecule has 0 heterocycles. The number of alkyl halides is 1. The van der Waals surface area contributed by atoms with Crippen LogP contribution in [-0.4, -0.2) is 20.1 Å². The Morgan fingerprint density at radius 3 is 2.50 bits per heavy atom. The monoisotopic (exact) mass is 93.0 g/mol. The van der Waals surface area contributed by atoms with Crippen LogP contribution in [0.2, 0.25) is 0 Å². The van der Waals surface area contributed by atoms with E-state index in [4.69, 9.17) is 0 Å². The van der Waals surface area contributed by atoms with E-state index in [1.807, 2.05) is 0 Å². The zero-order chi connectivity index (χ0) is 4.99. The van der Waals surface area contributed by atoms with E-state index in [0.717, 1.165) is 0 Å². The van der Waals surface area contributed by atoms with Crippen molar-refractivity contribution in [2.75, 3.05) is 13.8 Å². The summed E-state index contributed by atoms with van der Waals surface area (Å²) in [5, 5.41) is 9.67. The van der Waals surface area contributed by atoms with Gasteiger partial charge < -0.3 is 4.74 Å². The van der Waals surface area contributed by atoms with Crippen molar-refractivity contribution < 1.29 is 14.2 Å². The minimum absolute atomic E-state index is 0.948. The van der Waals surface area contributed by atoms with Gasteiger partial charge >= 0.3 is 0 Å². The molecule has 0 aliphatic heterocycles. The minimum atomic E-state index is -1.48. The smallest absolute Gasteiger partial charge is 0.219 e. The third-order valence-corrected chi connectivity index (χ3v) is 0.389. The van der Waals surface area contributed by atoms with Gasteiger partial charge in [0.1, 0.15) is 6.67 Å². The van der Waals surface area contributed by atoms with Crippen LogP contribution < -0.4 is 0 Å². The number of hydrogen-bond acceptors (Lipinski definition) is 1. The predicted molar refractivity (Wildman–Crippen MR) is 17.5 cm³/mol. The number of halogens is 1. The summed E-state index contributed by atoms with van der Waals surface area (Å²) < 4.78 is 14.9. The Morgan fingerprint density at radius 1 is 2.00 bits per heavy atom. The maximum absolute atomic E-state index is 10.9. The molecule has 0 aromatic heterocycles. The fraction of sp³-hybridized carbons (Fsp3) is 1.00. The fourth-order valence-corrected chi connectivity index (χ4v) is 0.0630. The number of methoxy groups -OCH3 is 1. The van der Waals surface area contributed by atoms with Crippen molar-refractivity contribution in [2.45, 2.75) is 6.29 Å². The van der Waals surface area contributed by atoms with Crippen LogP contribution in [0.25, 0.3) is 0 Å². The van der Waals surface area contributed by atoms with Gasteiger partial charge in [-0.2, -0.15) is 5.11 Å². The van der Waals surface area contributed by atoms with Crippen molar-refractivity contribution >= 4 is 0 Å². The molecular formula is C3H6FO2. The van der Waals surface area contributed by atoms with E-state index in [1.165, 1.54) is 7.11 Å². The highest BCUT2D eigenvalue weighted by atomic mass is 19.1. The first-order chi connectivity index (χ1) is 2.81. The Labute approximate surface area is 35.5 Å². The Morgan fingerprint density at radius 2 is 2.50 bits per heavy atom. The van der Waals surface area contributed by atoms with Gasteiger partial charge in [-0.05, 0) is 0 Å². The van der Waals surface area contributed by atoms with Crippen LogP contribution in [0.4, 0.5) is 4.39 Å². The molecule has 0 N–H and O–H groups in total. The van der Waals surface area contributed by atoms with Gasteiger partial charge in [0.15, 0.2) is 0 Å². The maximum atomic E-state index is 10.9. The summed E-state index contributed by atoms with van der Waals surface area (Å²) in [5.74, 6) is 0. The normalized spacial score (nSPS) is 14.5. The van der Waals surface area contributed by atoms with E-state index in [2.05, 4.69) is 4.74 Å². The number of ether oxygens (including phenoxy) is 1. The summed E-state index contributed by atoms with van der Waals surface area (Å²) in [6, 6.07) is 0. The van der Waals surface area contributed by atoms with Crippen molar-refractivity contribution in [1.29, 1.82) is 0 Å². The second-order valence-electron chi connectivity index (χ2n) is 0.820. The highest BCUT2D eigenvalue weighted by Gasteiger charge is 1.97. The van der Waals surface area contributed by atoms with E-state index in [9.17, 15) is 9.50 Å². The Hall–Kier alpha value is -0.150. The van der Waals surface area contributed by atoms with Gasteiger partial charge in [-0.25, -0.2) is 4.39 Å². The van der Waals surface area contributed by atoms with Gasteiger partial charge in [-0.3, -0.25) is 0 Å². The predicted octanol–water partition coefficient (Wildman–Crippen LogP) is 0.359.